The molecule has 0 saturated carbocycles. The fraction of sp³-hybridized carbons (Fsp3) is 0.375. The Morgan fingerprint density at radius 1 is 0.879 bits per heavy atom. The van der Waals surface area contributed by atoms with Gasteiger partial charge in [-0.15, -0.1) is 0 Å². The predicted molar refractivity (Wildman–Crippen MR) is 125 cm³/mol. The van der Waals surface area contributed by atoms with E-state index in [2.05, 4.69) is 9.80 Å². The summed E-state index contributed by atoms with van der Waals surface area (Å²) < 4.78 is 37.6. The molecule has 0 aliphatic carbocycles. The van der Waals surface area contributed by atoms with Gasteiger partial charge in [-0.25, -0.2) is 8.42 Å². The summed E-state index contributed by atoms with van der Waals surface area (Å²) in [5.74, 6) is 0.378. The molecule has 0 N–H and O–H groups in total. The van der Waals surface area contributed by atoms with Crippen LogP contribution in [-0.2, 0) is 19.4 Å². The van der Waals surface area contributed by atoms with Gasteiger partial charge in [0.2, 0.25) is 9.84 Å². The topological polar surface area (TPSA) is 79.4 Å². The summed E-state index contributed by atoms with van der Waals surface area (Å²) >= 11 is 0. The minimum Gasteiger partial charge on any atom is -0.497 e. The van der Waals surface area contributed by atoms with Gasteiger partial charge < -0.3 is 24.2 Å². The van der Waals surface area contributed by atoms with E-state index in [4.69, 9.17) is 9.47 Å². The van der Waals surface area contributed by atoms with Gasteiger partial charge in [0, 0.05) is 50.5 Å². The summed E-state index contributed by atoms with van der Waals surface area (Å²) in [4.78, 5) is 19.5. The molecule has 9 heteroatoms. The van der Waals surface area contributed by atoms with Crippen LogP contribution in [0.15, 0.2) is 58.3 Å². The maximum absolute atomic E-state index is 13.5. The number of benzene rings is 2. The van der Waals surface area contributed by atoms with E-state index in [9.17, 15) is 13.2 Å². The highest BCUT2D eigenvalue weighted by Gasteiger charge is 2.44. The number of piperazine rings is 1. The fourth-order valence-electron chi connectivity index (χ4n) is 4.68. The number of amides is 1. The molecule has 3 aliphatic rings. The number of ether oxygens (including phenoxy) is 2. The van der Waals surface area contributed by atoms with E-state index in [1.54, 1.807) is 30.2 Å². The number of fused-ring (bicyclic) bond motifs is 1. The third kappa shape index (κ3) is 3.85. The number of sulfone groups is 1. The molecule has 0 aromatic heterocycles. The maximum Gasteiger partial charge on any atom is 0.268 e. The van der Waals surface area contributed by atoms with Crippen molar-refractivity contribution >= 4 is 27.1 Å². The Balaban J connectivity index is 1.46. The lowest BCUT2D eigenvalue weighted by Crippen LogP contribution is -2.46. The summed E-state index contributed by atoms with van der Waals surface area (Å²) in [6.07, 6.45) is 0. The highest BCUT2D eigenvalue weighted by atomic mass is 32.2. The molecule has 2 aromatic carbocycles. The summed E-state index contributed by atoms with van der Waals surface area (Å²) in [7, 11) is -2.24. The Morgan fingerprint density at radius 3 is 2.18 bits per heavy atom. The van der Waals surface area contributed by atoms with Crippen molar-refractivity contribution in [2.45, 2.75) is 4.90 Å². The monoisotopic (exact) mass is 469 g/mol. The summed E-state index contributed by atoms with van der Waals surface area (Å²) in [5, 5.41) is 0. The van der Waals surface area contributed by atoms with Gasteiger partial charge >= 0.3 is 0 Å². The molecule has 0 bridgehead atoms. The van der Waals surface area contributed by atoms with Crippen LogP contribution in [-0.4, -0.2) is 83.7 Å². The molecule has 174 valence electrons. The van der Waals surface area contributed by atoms with Crippen LogP contribution in [0, 0.1) is 0 Å². The average molecular weight is 470 g/mol. The fourth-order valence-corrected chi connectivity index (χ4v) is 6.46. The molecule has 0 unspecified atom stereocenters. The van der Waals surface area contributed by atoms with Crippen LogP contribution in [0.5, 0.6) is 5.75 Å². The molecule has 5 rings (SSSR count). The molecule has 33 heavy (non-hydrogen) atoms. The SMILES string of the molecule is COc1ccc(N2CCN(C3=C(C(=O)N4CCOCC4)S(=O)(=O)c4ccccc43)CC2)cc1. The molecule has 8 nitrogen and oxygen atoms in total. The van der Waals surface area contributed by atoms with Crippen molar-refractivity contribution in [1.29, 1.82) is 0 Å². The van der Waals surface area contributed by atoms with Gasteiger partial charge in [-0.2, -0.15) is 0 Å². The lowest BCUT2D eigenvalue weighted by atomic mass is 10.1. The molecule has 3 aliphatic heterocycles. The Morgan fingerprint density at radius 2 is 1.52 bits per heavy atom. The normalized spacial score (nSPS) is 20.1. The first-order valence-electron chi connectivity index (χ1n) is 11.1. The zero-order valence-electron chi connectivity index (χ0n) is 18.6. The Labute approximate surface area is 193 Å². The number of nitrogens with zero attached hydrogens (tertiary/aromatic N) is 3. The van der Waals surface area contributed by atoms with Crippen LogP contribution < -0.4 is 9.64 Å². The second kappa shape index (κ2) is 8.72. The maximum atomic E-state index is 13.5. The Kier molecular flexibility index (Phi) is 5.76. The van der Waals surface area contributed by atoms with Gasteiger partial charge in [-0.3, -0.25) is 4.79 Å². The van der Waals surface area contributed by atoms with Gasteiger partial charge in [0.1, 0.15) is 5.75 Å². The highest BCUT2D eigenvalue weighted by Crippen LogP contribution is 2.42. The molecular formula is C24H27N3O5S. The number of carbonyl (C=O) groups excluding carboxylic acids is 1. The first kappa shape index (κ1) is 21.8. The van der Waals surface area contributed by atoms with E-state index in [0.29, 0.717) is 50.7 Å². The van der Waals surface area contributed by atoms with Crippen LogP contribution in [0.25, 0.3) is 5.70 Å². The highest BCUT2D eigenvalue weighted by molar-refractivity contribution is 7.97. The third-order valence-electron chi connectivity index (χ3n) is 6.44. The van der Waals surface area contributed by atoms with E-state index in [1.165, 1.54) is 0 Å². The van der Waals surface area contributed by atoms with E-state index < -0.39 is 15.7 Å². The number of rotatable bonds is 4. The predicted octanol–water partition coefficient (Wildman–Crippen LogP) is 1.83. The van der Waals surface area contributed by atoms with Crippen molar-refractivity contribution in [2.24, 2.45) is 0 Å². The number of methoxy groups -OCH3 is 1. The zero-order valence-corrected chi connectivity index (χ0v) is 19.4. The molecule has 0 radical (unpaired) electrons. The first-order valence-corrected chi connectivity index (χ1v) is 12.6. The number of hydrogen-bond donors (Lipinski definition) is 0. The second-order valence-corrected chi connectivity index (χ2v) is 10.1. The molecule has 1 amide bonds. The molecule has 0 spiro atoms. The second-order valence-electron chi connectivity index (χ2n) is 8.25. The van der Waals surface area contributed by atoms with Gasteiger partial charge in [0.25, 0.3) is 5.91 Å². The van der Waals surface area contributed by atoms with E-state index in [-0.39, 0.29) is 9.80 Å². The molecule has 2 fully saturated rings. The van der Waals surface area contributed by atoms with Gasteiger partial charge in [-0.05, 0) is 30.3 Å². The van der Waals surface area contributed by atoms with Crippen LogP contribution in [0.3, 0.4) is 0 Å². The van der Waals surface area contributed by atoms with E-state index in [0.717, 1.165) is 24.5 Å². The summed E-state index contributed by atoms with van der Waals surface area (Å²) in [5.41, 5.74) is 2.25. The van der Waals surface area contributed by atoms with Crippen molar-refractivity contribution in [3.63, 3.8) is 0 Å². The van der Waals surface area contributed by atoms with Crippen molar-refractivity contribution in [3.8, 4) is 5.75 Å². The van der Waals surface area contributed by atoms with Crippen molar-refractivity contribution in [1.82, 2.24) is 9.80 Å². The van der Waals surface area contributed by atoms with E-state index >= 15 is 0 Å². The Hall–Kier alpha value is -3.04. The minimum atomic E-state index is -3.89. The van der Waals surface area contributed by atoms with E-state index in [1.807, 2.05) is 30.3 Å². The smallest absolute Gasteiger partial charge is 0.268 e. The first-order chi connectivity index (χ1) is 16.0. The largest absolute Gasteiger partial charge is 0.497 e. The van der Waals surface area contributed by atoms with Crippen LogP contribution in [0.2, 0.25) is 0 Å². The number of carbonyl (C=O) groups is 1. The molecular weight excluding hydrogens is 442 g/mol. The minimum absolute atomic E-state index is 0.0940. The zero-order chi connectivity index (χ0) is 23.0. The van der Waals surface area contributed by atoms with Crippen molar-refractivity contribution < 1.29 is 22.7 Å². The lowest BCUT2D eigenvalue weighted by Gasteiger charge is -2.38. The number of morpholine rings is 1. The third-order valence-corrected chi connectivity index (χ3v) is 8.28. The van der Waals surface area contributed by atoms with Crippen molar-refractivity contribution in [2.75, 3.05) is 64.5 Å². The molecule has 2 aromatic rings. The Bertz CT molecular complexity index is 1180. The van der Waals surface area contributed by atoms with Crippen LogP contribution in [0.1, 0.15) is 5.56 Å². The van der Waals surface area contributed by atoms with Gasteiger partial charge in [0.15, 0.2) is 4.91 Å². The number of hydrogen-bond acceptors (Lipinski definition) is 7. The lowest BCUT2D eigenvalue weighted by molar-refractivity contribution is -0.130. The van der Waals surface area contributed by atoms with Gasteiger partial charge in [-0.1, -0.05) is 18.2 Å². The number of anilines is 1. The van der Waals surface area contributed by atoms with Crippen LogP contribution >= 0.6 is 0 Å². The average Bonchev–Trinajstić information content (AvgIpc) is 3.11. The summed E-state index contributed by atoms with van der Waals surface area (Å²) in [6, 6.07) is 14.8. The van der Waals surface area contributed by atoms with Gasteiger partial charge in [0.05, 0.1) is 30.9 Å². The van der Waals surface area contributed by atoms with Crippen LogP contribution in [0.4, 0.5) is 5.69 Å². The summed E-state index contributed by atoms with van der Waals surface area (Å²) in [6.45, 7) is 4.30. The standard InChI is InChI=1S/C24H27N3O5S/c1-31-19-8-6-18(7-9-19)25-10-12-26(13-11-25)22-20-4-2-3-5-21(20)33(29,30)23(22)24(28)27-14-16-32-17-15-27/h2-9H,10-17H2,1H3. The molecule has 3 heterocycles. The van der Waals surface area contributed by atoms with Crippen molar-refractivity contribution in [3.05, 3.63) is 59.0 Å². The molecule has 0 atom stereocenters. The molecule has 2 saturated heterocycles. The quantitative estimate of drug-likeness (QED) is 0.676.